The molecule has 0 aliphatic rings. The Kier molecular flexibility index (Phi) is 8.65. The van der Waals surface area contributed by atoms with E-state index in [1.807, 2.05) is 10.6 Å². The highest BCUT2D eigenvalue weighted by Crippen LogP contribution is 2.15. The number of benzene rings is 1. The largest absolute Gasteiger partial charge is 0.450 e. The van der Waals surface area contributed by atoms with Gasteiger partial charge in [0.15, 0.2) is 0 Å². The second kappa shape index (κ2) is 10.7. The van der Waals surface area contributed by atoms with Crippen LogP contribution in [0.15, 0.2) is 36.0 Å². The molecule has 1 aromatic carbocycles. The lowest BCUT2D eigenvalue weighted by atomic mass is 10.2. The van der Waals surface area contributed by atoms with Gasteiger partial charge in [-0.15, -0.1) is 0 Å². The normalized spacial score (nSPS) is 9.50. The van der Waals surface area contributed by atoms with Gasteiger partial charge in [-0.25, -0.2) is 9.59 Å². The molecule has 0 bridgehead atoms. The lowest BCUT2D eigenvalue weighted by Gasteiger charge is -2.09. The Hall–Kier alpha value is -3.07. The fraction of sp³-hybridized carbons (Fsp3) is 0.250. The van der Waals surface area contributed by atoms with E-state index < -0.39 is 29.6 Å². The number of rotatable bonds is 6. The van der Waals surface area contributed by atoms with Crippen molar-refractivity contribution in [1.29, 1.82) is 0 Å². The van der Waals surface area contributed by atoms with Crippen LogP contribution in [0.25, 0.3) is 0 Å². The summed E-state index contributed by atoms with van der Waals surface area (Å²) in [5.41, 5.74) is -0.0750. The van der Waals surface area contributed by atoms with Crippen molar-refractivity contribution in [1.82, 2.24) is 10.6 Å². The minimum absolute atomic E-state index is 0.0357. The van der Waals surface area contributed by atoms with Crippen molar-refractivity contribution < 1.29 is 28.7 Å². The maximum absolute atomic E-state index is 12.1. The van der Waals surface area contributed by atoms with Gasteiger partial charge in [0.05, 0.1) is 13.2 Å². The molecule has 0 saturated heterocycles. The van der Waals surface area contributed by atoms with E-state index in [0.29, 0.717) is 10.7 Å². The molecule has 9 nitrogen and oxygen atoms in total. The zero-order chi connectivity index (χ0) is 19.5. The fourth-order valence-corrected chi connectivity index (χ4v) is 1.81. The van der Waals surface area contributed by atoms with Crippen molar-refractivity contribution in [2.75, 3.05) is 18.5 Å². The molecule has 0 atom stereocenters. The van der Waals surface area contributed by atoms with Crippen LogP contribution in [-0.2, 0) is 19.1 Å². The Bertz CT molecular complexity index is 686. The molecule has 0 radical (unpaired) electrons. The van der Waals surface area contributed by atoms with Gasteiger partial charge in [0, 0.05) is 16.9 Å². The lowest BCUT2D eigenvalue weighted by Crippen LogP contribution is -2.40. The molecule has 4 amide bonds. The number of ether oxygens (including phenoxy) is 2. The molecule has 0 heterocycles. The Morgan fingerprint density at radius 3 is 2.00 bits per heavy atom. The molecular weight excluding hydrogens is 366 g/mol. The molecule has 0 saturated carbocycles. The van der Waals surface area contributed by atoms with Crippen LogP contribution in [0.3, 0.4) is 0 Å². The van der Waals surface area contributed by atoms with Gasteiger partial charge < -0.3 is 14.8 Å². The summed E-state index contributed by atoms with van der Waals surface area (Å²) in [6, 6.07) is 6.46. The third-order valence-electron chi connectivity index (χ3n) is 2.68. The van der Waals surface area contributed by atoms with Gasteiger partial charge in [-0.2, -0.15) is 0 Å². The van der Waals surface area contributed by atoms with E-state index in [-0.39, 0.29) is 13.2 Å². The quantitative estimate of drug-likeness (QED) is 0.391. The highest BCUT2D eigenvalue weighted by molar-refractivity contribution is 6.30. The van der Waals surface area contributed by atoms with E-state index in [4.69, 9.17) is 11.6 Å². The van der Waals surface area contributed by atoms with Crippen LogP contribution < -0.4 is 16.0 Å². The number of anilines is 1. The van der Waals surface area contributed by atoms with Crippen LogP contribution in [-0.4, -0.2) is 37.2 Å². The van der Waals surface area contributed by atoms with Crippen molar-refractivity contribution >= 4 is 41.3 Å². The van der Waals surface area contributed by atoms with Crippen LogP contribution >= 0.6 is 11.6 Å². The Balaban J connectivity index is 2.97. The van der Waals surface area contributed by atoms with Gasteiger partial charge >= 0.3 is 12.2 Å². The summed E-state index contributed by atoms with van der Waals surface area (Å²) in [6.45, 7) is 3.17. The topological polar surface area (TPSA) is 123 Å². The summed E-state index contributed by atoms with van der Waals surface area (Å²) in [5, 5.41) is 6.85. The van der Waals surface area contributed by atoms with E-state index in [9.17, 15) is 19.2 Å². The van der Waals surface area contributed by atoms with Gasteiger partial charge in [-0.3, -0.25) is 20.2 Å². The SMILES string of the molecule is CCOC(=O)NC(=O)C(=CNc1cccc(Cl)c1)C(=O)NC(=O)OCC. The van der Waals surface area contributed by atoms with Crippen LogP contribution in [0.2, 0.25) is 5.02 Å². The monoisotopic (exact) mass is 383 g/mol. The summed E-state index contributed by atoms with van der Waals surface area (Å²) in [7, 11) is 0. The van der Waals surface area contributed by atoms with Gasteiger partial charge in [0.1, 0.15) is 5.57 Å². The number of nitrogens with one attached hydrogen (secondary N) is 3. The third-order valence-corrected chi connectivity index (χ3v) is 2.91. The predicted molar refractivity (Wildman–Crippen MR) is 93.5 cm³/mol. The Morgan fingerprint density at radius 1 is 1.00 bits per heavy atom. The molecule has 0 fully saturated rings. The minimum Gasteiger partial charge on any atom is -0.450 e. The van der Waals surface area contributed by atoms with Crippen LogP contribution in [0, 0.1) is 0 Å². The average Bonchev–Trinajstić information content (AvgIpc) is 2.55. The molecule has 0 aliphatic carbocycles. The third kappa shape index (κ3) is 7.22. The Labute approximate surface area is 154 Å². The second-order valence-corrected chi connectivity index (χ2v) is 5.00. The number of carbonyl (C=O) groups excluding carboxylic acids is 4. The van der Waals surface area contributed by atoms with E-state index in [1.165, 1.54) is 0 Å². The molecule has 0 unspecified atom stereocenters. The van der Waals surface area contributed by atoms with Crippen molar-refractivity contribution in [3.05, 3.63) is 41.1 Å². The molecule has 0 spiro atoms. The molecule has 140 valence electrons. The van der Waals surface area contributed by atoms with Gasteiger partial charge in [0.2, 0.25) is 0 Å². The number of alkyl carbamates (subject to hydrolysis) is 2. The Morgan fingerprint density at radius 2 is 1.54 bits per heavy atom. The summed E-state index contributed by atoms with van der Waals surface area (Å²) >= 11 is 5.85. The number of carbonyl (C=O) groups is 4. The van der Waals surface area contributed by atoms with Crippen LogP contribution in [0.1, 0.15) is 13.8 Å². The van der Waals surface area contributed by atoms with Gasteiger partial charge in [0.25, 0.3) is 11.8 Å². The molecule has 1 aromatic rings. The summed E-state index contributed by atoms with van der Waals surface area (Å²) in [6.07, 6.45) is -1.04. The number of hydrogen-bond donors (Lipinski definition) is 3. The van der Waals surface area contributed by atoms with Crippen molar-refractivity contribution in [3.8, 4) is 0 Å². The fourth-order valence-electron chi connectivity index (χ4n) is 1.62. The minimum atomic E-state index is -1.07. The zero-order valence-electron chi connectivity index (χ0n) is 14.1. The second-order valence-electron chi connectivity index (χ2n) is 4.56. The summed E-state index contributed by atoms with van der Waals surface area (Å²) in [5.74, 6) is -2.14. The smallest absolute Gasteiger partial charge is 0.414 e. The number of halogens is 1. The molecular formula is C16H18ClN3O6. The van der Waals surface area contributed by atoms with E-state index >= 15 is 0 Å². The van der Waals surface area contributed by atoms with E-state index in [0.717, 1.165) is 6.20 Å². The number of amides is 4. The number of imide groups is 2. The first-order chi connectivity index (χ1) is 12.4. The highest BCUT2D eigenvalue weighted by atomic mass is 35.5. The summed E-state index contributed by atoms with van der Waals surface area (Å²) < 4.78 is 9.16. The first kappa shape index (κ1) is 21.0. The van der Waals surface area contributed by atoms with Crippen molar-refractivity contribution in [2.45, 2.75) is 13.8 Å². The highest BCUT2D eigenvalue weighted by Gasteiger charge is 2.23. The van der Waals surface area contributed by atoms with Gasteiger partial charge in [-0.05, 0) is 32.0 Å². The van der Waals surface area contributed by atoms with Crippen LogP contribution in [0.5, 0.6) is 0 Å². The maximum atomic E-state index is 12.1. The van der Waals surface area contributed by atoms with E-state index in [2.05, 4.69) is 14.8 Å². The maximum Gasteiger partial charge on any atom is 0.414 e. The first-order valence-electron chi connectivity index (χ1n) is 7.55. The predicted octanol–water partition coefficient (Wildman–Crippen LogP) is 2.18. The van der Waals surface area contributed by atoms with Crippen LogP contribution in [0.4, 0.5) is 15.3 Å². The van der Waals surface area contributed by atoms with E-state index in [1.54, 1.807) is 38.1 Å². The molecule has 0 aliphatic heterocycles. The molecule has 3 N–H and O–H groups in total. The lowest BCUT2D eigenvalue weighted by molar-refractivity contribution is -0.122. The summed E-state index contributed by atoms with van der Waals surface area (Å²) in [4.78, 5) is 47.0. The van der Waals surface area contributed by atoms with Gasteiger partial charge in [-0.1, -0.05) is 17.7 Å². The first-order valence-corrected chi connectivity index (χ1v) is 7.93. The number of hydrogen-bond acceptors (Lipinski definition) is 7. The molecule has 0 aromatic heterocycles. The molecule has 10 heteroatoms. The molecule has 1 rings (SSSR count). The standard InChI is InChI=1S/C16H18ClN3O6/c1-3-25-15(23)19-13(21)12(14(22)20-16(24)26-4-2)9-18-11-7-5-6-10(17)8-11/h5-9,18H,3-4H2,1-2H3,(H,19,21,23)(H,20,22,24). The van der Waals surface area contributed by atoms with Crippen molar-refractivity contribution in [2.24, 2.45) is 0 Å². The zero-order valence-corrected chi connectivity index (χ0v) is 14.9. The molecule has 26 heavy (non-hydrogen) atoms. The van der Waals surface area contributed by atoms with Crippen molar-refractivity contribution in [3.63, 3.8) is 0 Å². The average molecular weight is 384 g/mol.